The second-order valence-corrected chi connectivity index (χ2v) is 7.75. The van der Waals surface area contributed by atoms with Crippen LogP contribution in [0.15, 0.2) is 47.4 Å². The van der Waals surface area contributed by atoms with Crippen molar-refractivity contribution in [2.45, 2.75) is 11.4 Å². The SMILES string of the molecule is O=C(CNS(=O)(=O)c1cccc2nsnc12)NCc1ccccc1Cl. The van der Waals surface area contributed by atoms with Gasteiger partial charge in [0.25, 0.3) is 0 Å². The Labute approximate surface area is 153 Å². The van der Waals surface area contributed by atoms with Crippen LogP contribution in [0.25, 0.3) is 11.0 Å². The van der Waals surface area contributed by atoms with Crippen molar-refractivity contribution in [1.82, 2.24) is 18.8 Å². The first-order valence-electron chi connectivity index (χ1n) is 7.18. The van der Waals surface area contributed by atoms with E-state index in [1.807, 2.05) is 0 Å². The molecular formula is C15H13ClN4O3S2. The van der Waals surface area contributed by atoms with Crippen molar-refractivity contribution in [2.75, 3.05) is 6.54 Å². The Morgan fingerprint density at radius 1 is 1.12 bits per heavy atom. The fourth-order valence-corrected chi connectivity index (χ4v) is 4.08. The van der Waals surface area contributed by atoms with Crippen LogP contribution in [0.2, 0.25) is 5.02 Å². The number of hydrogen-bond acceptors (Lipinski definition) is 6. The third-order valence-corrected chi connectivity index (χ3v) is 5.74. The molecule has 0 fully saturated rings. The number of halogens is 1. The number of carbonyl (C=O) groups is 1. The lowest BCUT2D eigenvalue weighted by atomic mass is 10.2. The van der Waals surface area contributed by atoms with Crippen LogP contribution in [0.5, 0.6) is 0 Å². The third kappa shape index (κ3) is 4.13. The molecule has 0 aliphatic heterocycles. The number of rotatable bonds is 6. The van der Waals surface area contributed by atoms with Crippen molar-refractivity contribution in [2.24, 2.45) is 0 Å². The summed E-state index contributed by atoms with van der Waals surface area (Å²) >= 11 is 6.94. The van der Waals surface area contributed by atoms with Gasteiger partial charge >= 0.3 is 0 Å². The van der Waals surface area contributed by atoms with Crippen LogP contribution in [0, 0.1) is 0 Å². The minimum atomic E-state index is -3.88. The zero-order valence-electron chi connectivity index (χ0n) is 12.8. The third-order valence-electron chi connectivity index (χ3n) is 3.40. The zero-order valence-corrected chi connectivity index (χ0v) is 15.2. The van der Waals surface area contributed by atoms with E-state index in [9.17, 15) is 13.2 Å². The van der Waals surface area contributed by atoms with E-state index in [0.717, 1.165) is 17.3 Å². The number of aromatic nitrogens is 2. The molecule has 2 aromatic carbocycles. The Kier molecular flexibility index (Phi) is 5.28. The normalized spacial score (nSPS) is 11.6. The number of hydrogen-bond donors (Lipinski definition) is 2. The molecule has 0 aliphatic carbocycles. The van der Waals surface area contributed by atoms with Crippen molar-refractivity contribution in [1.29, 1.82) is 0 Å². The standard InChI is InChI=1S/C15H13ClN4O3S2/c16-11-5-2-1-4-10(11)8-17-14(21)9-18-25(22,23)13-7-3-6-12-15(13)20-24-19-12/h1-7,18H,8-9H2,(H,17,21). The lowest BCUT2D eigenvalue weighted by Crippen LogP contribution is -2.36. The molecule has 0 atom stereocenters. The summed E-state index contributed by atoms with van der Waals surface area (Å²) in [5, 5.41) is 3.15. The van der Waals surface area contributed by atoms with E-state index in [0.29, 0.717) is 10.5 Å². The molecular weight excluding hydrogens is 384 g/mol. The fraction of sp³-hybridized carbons (Fsp3) is 0.133. The highest BCUT2D eigenvalue weighted by Crippen LogP contribution is 2.20. The number of amides is 1. The van der Waals surface area contributed by atoms with E-state index >= 15 is 0 Å². The molecule has 25 heavy (non-hydrogen) atoms. The molecule has 3 rings (SSSR count). The quantitative estimate of drug-likeness (QED) is 0.663. The van der Waals surface area contributed by atoms with Gasteiger partial charge in [-0.25, -0.2) is 13.1 Å². The monoisotopic (exact) mass is 396 g/mol. The van der Waals surface area contributed by atoms with Crippen LogP contribution in [0.4, 0.5) is 0 Å². The van der Waals surface area contributed by atoms with Crippen LogP contribution in [-0.2, 0) is 21.4 Å². The number of carbonyl (C=O) groups excluding carboxylic acids is 1. The molecule has 130 valence electrons. The molecule has 0 spiro atoms. The van der Waals surface area contributed by atoms with E-state index in [1.165, 1.54) is 6.07 Å². The molecule has 1 amide bonds. The molecule has 2 N–H and O–H groups in total. The molecule has 3 aromatic rings. The zero-order chi connectivity index (χ0) is 17.9. The molecule has 0 bridgehead atoms. The summed E-state index contributed by atoms with van der Waals surface area (Å²) < 4.78 is 35.1. The number of nitrogens with one attached hydrogen (secondary N) is 2. The Bertz CT molecular complexity index is 1020. The molecule has 10 heteroatoms. The van der Waals surface area contributed by atoms with E-state index in [1.54, 1.807) is 36.4 Å². The smallest absolute Gasteiger partial charge is 0.243 e. The van der Waals surface area contributed by atoms with Crippen molar-refractivity contribution < 1.29 is 13.2 Å². The molecule has 0 radical (unpaired) electrons. The first-order valence-corrected chi connectivity index (χ1v) is 9.77. The van der Waals surface area contributed by atoms with Crippen molar-refractivity contribution in [3.05, 3.63) is 53.1 Å². The minimum Gasteiger partial charge on any atom is -0.351 e. The fourth-order valence-electron chi connectivity index (χ4n) is 2.13. The van der Waals surface area contributed by atoms with Crippen LogP contribution < -0.4 is 10.0 Å². The molecule has 0 saturated carbocycles. The van der Waals surface area contributed by atoms with Gasteiger partial charge in [-0.3, -0.25) is 4.79 Å². The lowest BCUT2D eigenvalue weighted by Gasteiger charge is -2.09. The average Bonchev–Trinajstić information content (AvgIpc) is 3.08. The van der Waals surface area contributed by atoms with Crippen LogP contribution in [-0.4, -0.2) is 29.6 Å². The van der Waals surface area contributed by atoms with Crippen molar-refractivity contribution in [3.8, 4) is 0 Å². The topological polar surface area (TPSA) is 101 Å². The summed E-state index contributed by atoms with van der Waals surface area (Å²) in [6.07, 6.45) is 0. The van der Waals surface area contributed by atoms with Gasteiger partial charge in [-0.2, -0.15) is 8.75 Å². The highest BCUT2D eigenvalue weighted by Gasteiger charge is 2.20. The van der Waals surface area contributed by atoms with E-state index in [2.05, 4.69) is 18.8 Å². The Hall–Kier alpha value is -2.07. The second kappa shape index (κ2) is 7.44. The van der Waals surface area contributed by atoms with Crippen molar-refractivity contribution in [3.63, 3.8) is 0 Å². The molecule has 7 nitrogen and oxygen atoms in total. The number of nitrogens with zero attached hydrogens (tertiary/aromatic N) is 2. The molecule has 1 aromatic heterocycles. The predicted molar refractivity (Wildman–Crippen MR) is 95.9 cm³/mol. The van der Waals surface area contributed by atoms with Gasteiger partial charge in [-0.05, 0) is 23.8 Å². The maximum Gasteiger partial charge on any atom is 0.243 e. The van der Waals surface area contributed by atoms with Gasteiger partial charge < -0.3 is 5.32 Å². The first kappa shape index (κ1) is 17.7. The first-order chi connectivity index (χ1) is 12.0. The Balaban J connectivity index is 1.63. The van der Waals surface area contributed by atoms with Gasteiger partial charge in [-0.1, -0.05) is 35.9 Å². The number of benzene rings is 2. The Morgan fingerprint density at radius 3 is 2.72 bits per heavy atom. The van der Waals surface area contributed by atoms with Crippen molar-refractivity contribution >= 4 is 50.3 Å². The number of fused-ring (bicyclic) bond motifs is 1. The van der Waals surface area contributed by atoms with Crippen LogP contribution in [0.3, 0.4) is 0 Å². The molecule has 0 saturated heterocycles. The summed E-state index contributed by atoms with van der Waals surface area (Å²) in [5.41, 5.74) is 1.53. The van der Waals surface area contributed by atoms with Gasteiger partial charge in [0.2, 0.25) is 15.9 Å². The highest BCUT2D eigenvalue weighted by molar-refractivity contribution is 7.89. The molecule has 0 unspecified atom stereocenters. The summed E-state index contributed by atoms with van der Waals surface area (Å²) in [4.78, 5) is 11.9. The van der Waals surface area contributed by atoms with Gasteiger partial charge in [-0.15, -0.1) is 0 Å². The largest absolute Gasteiger partial charge is 0.351 e. The summed E-state index contributed by atoms with van der Waals surface area (Å²) in [7, 11) is -3.88. The summed E-state index contributed by atoms with van der Waals surface area (Å²) in [6, 6.07) is 11.8. The maximum atomic E-state index is 12.4. The van der Waals surface area contributed by atoms with E-state index < -0.39 is 15.9 Å². The predicted octanol–water partition coefficient (Wildman–Crippen LogP) is 1.94. The van der Waals surface area contributed by atoms with E-state index in [-0.39, 0.29) is 23.5 Å². The van der Waals surface area contributed by atoms with Gasteiger partial charge in [0.15, 0.2) is 0 Å². The van der Waals surface area contributed by atoms with Gasteiger partial charge in [0.1, 0.15) is 15.9 Å². The maximum absolute atomic E-state index is 12.4. The van der Waals surface area contributed by atoms with Gasteiger partial charge in [0.05, 0.1) is 18.3 Å². The molecule has 1 heterocycles. The van der Waals surface area contributed by atoms with Crippen LogP contribution in [0.1, 0.15) is 5.56 Å². The summed E-state index contributed by atoms with van der Waals surface area (Å²) in [5.74, 6) is -0.466. The Morgan fingerprint density at radius 2 is 1.92 bits per heavy atom. The minimum absolute atomic E-state index is 0.00217. The van der Waals surface area contributed by atoms with Crippen LogP contribution >= 0.6 is 23.3 Å². The lowest BCUT2D eigenvalue weighted by molar-refractivity contribution is -0.120. The van der Waals surface area contributed by atoms with E-state index in [4.69, 9.17) is 11.6 Å². The number of sulfonamides is 1. The average molecular weight is 397 g/mol. The molecule has 0 aliphatic rings. The van der Waals surface area contributed by atoms with Gasteiger partial charge in [0, 0.05) is 11.6 Å². The second-order valence-electron chi connectivity index (χ2n) is 5.08. The summed E-state index contributed by atoms with van der Waals surface area (Å²) in [6.45, 7) is -0.174. The highest BCUT2D eigenvalue weighted by atomic mass is 35.5.